The molecule has 0 aliphatic heterocycles. The van der Waals surface area contributed by atoms with Gasteiger partial charge in [-0.25, -0.2) is 0 Å². The summed E-state index contributed by atoms with van der Waals surface area (Å²) < 4.78 is 27.5. The third kappa shape index (κ3) is 14.9. The zero-order valence-corrected chi connectivity index (χ0v) is 45.4. The Bertz CT molecular complexity index is 3640. The first kappa shape index (κ1) is 55.8. The first-order valence-corrected chi connectivity index (χ1v) is 25.8. The molecule has 5 heterocycles. The number of aromatic nitrogens is 10. The fourth-order valence-corrected chi connectivity index (χ4v) is 8.11. The Morgan fingerprint density at radius 1 is 0.325 bits per heavy atom. The smallest absolute Gasteiger partial charge is 0.241 e. The number of aryl methyl sites for hydroxylation is 5. The van der Waals surface area contributed by atoms with Gasteiger partial charge in [-0.15, -0.1) is 25.5 Å². The van der Waals surface area contributed by atoms with Crippen LogP contribution in [0.1, 0.15) is 73.4 Å². The van der Waals surface area contributed by atoms with Crippen molar-refractivity contribution in [3.8, 4) is 29.4 Å². The molecule has 0 fully saturated rings. The summed E-state index contributed by atoms with van der Waals surface area (Å²) in [5, 5.41) is 50.4. The zero-order chi connectivity index (χ0) is 54.4. The van der Waals surface area contributed by atoms with Crippen LogP contribution in [0.2, 0.25) is 0 Å². The highest BCUT2D eigenvalue weighted by molar-refractivity contribution is 5.91. The fraction of sp³-hybridized carbons (Fsp3) is 0.258. The highest BCUT2D eigenvalue weighted by atomic mass is 16.5. The van der Waals surface area contributed by atoms with Crippen LogP contribution in [0.15, 0.2) is 152 Å². The molecule has 0 amide bonds. The molecule has 0 saturated carbocycles. The quantitative estimate of drug-likeness (QED) is 0.0997. The summed E-state index contributed by atoms with van der Waals surface area (Å²) in [6.07, 6.45) is 12.0. The van der Waals surface area contributed by atoms with Gasteiger partial charge in [0.25, 0.3) is 0 Å². The number of fused-ring (bicyclic) bond motifs is 5. The Balaban J connectivity index is 0.000000141. The van der Waals surface area contributed by atoms with Crippen molar-refractivity contribution in [1.82, 2.24) is 51.0 Å². The van der Waals surface area contributed by atoms with E-state index in [-0.39, 0.29) is 0 Å². The first-order chi connectivity index (χ1) is 37.6. The number of ether oxygens (including phenoxy) is 5. The van der Waals surface area contributed by atoms with E-state index in [4.69, 9.17) is 23.7 Å². The van der Waals surface area contributed by atoms with Crippen molar-refractivity contribution in [3.63, 3.8) is 0 Å². The van der Waals surface area contributed by atoms with Gasteiger partial charge in [-0.05, 0) is 118 Å². The van der Waals surface area contributed by atoms with Crippen LogP contribution < -0.4 is 23.7 Å². The van der Waals surface area contributed by atoms with E-state index < -0.39 is 0 Å². The van der Waals surface area contributed by atoms with Crippen molar-refractivity contribution in [2.24, 2.45) is 0 Å². The van der Waals surface area contributed by atoms with E-state index in [1.54, 1.807) is 38.1 Å². The lowest BCUT2D eigenvalue weighted by molar-refractivity contribution is 0.294. The van der Waals surface area contributed by atoms with Crippen LogP contribution in [0, 0.1) is 34.6 Å². The second kappa shape index (κ2) is 28.6. The van der Waals surface area contributed by atoms with Gasteiger partial charge >= 0.3 is 0 Å². The molecule has 0 spiro atoms. The van der Waals surface area contributed by atoms with Gasteiger partial charge in [-0.3, -0.25) is 0 Å². The van der Waals surface area contributed by atoms with E-state index >= 15 is 0 Å². The van der Waals surface area contributed by atoms with Gasteiger partial charge in [0.2, 0.25) is 29.4 Å². The van der Waals surface area contributed by atoms with Gasteiger partial charge < -0.3 is 23.7 Å². The average molecular weight is 1030 g/mol. The third-order valence-electron chi connectivity index (χ3n) is 12.3. The van der Waals surface area contributed by atoms with Crippen LogP contribution in [0.5, 0.6) is 29.4 Å². The molecule has 0 atom stereocenters. The normalized spacial score (nSPS) is 10.5. The Hall–Kier alpha value is -8.98. The Kier molecular flexibility index (Phi) is 20.7. The molecule has 11 aromatic rings. The van der Waals surface area contributed by atoms with E-state index in [0.29, 0.717) is 55.8 Å². The van der Waals surface area contributed by atoms with Crippen molar-refractivity contribution < 1.29 is 23.7 Å². The molecule has 15 nitrogen and oxygen atoms in total. The molecular formula is C62H66N10O5. The van der Waals surface area contributed by atoms with Crippen molar-refractivity contribution in [2.75, 3.05) is 26.9 Å². The van der Waals surface area contributed by atoms with Crippen LogP contribution >= 0.6 is 0 Å². The zero-order valence-electron chi connectivity index (χ0n) is 45.4. The number of rotatable bonds is 13. The molecule has 0 aliphatic carbocycles. The maximum absolute atomic E-state index is 5.79. The minimum absolute atomic E-state index is 0.503. The van der Waals surface area contributed by atoms with E-state index in [2.05, 4.69) is 117 Å². The molecule has 394 valence electrons. The Labute approximate surface area is 450 Å². The number of benzene rings is 6. The number of nitrogens with zero attached hydrogens (tertiary/aromatic N) is 10. The van der Waals surface area contributed by atoms with Crippen molar-refractivity contribution in [2.45, 2.75) is 81.3 Å². The van der Waals surface area contributed by atoms with Crippen molar-refractivity contribution in [1.29, 1.82) is 0 Å². The van der Waals surface area contributed by atoms with Gasteiger partial charge in [0.15, 0.2) is 0 Å². The molecule has 6 aromatic carbocycles. The van der Waals surface area contributed by atoms with Crippen LogP contribution in [-0.4, -0.2) is 77.9 Å². The fourth-order valence-electron chi connectivity index (χ4n) is 8.11. The monoisotopic (exact) mass is 1030 g/mol. The number of unbranched alkanes of at least 4 members (excludes halogenated alkanes) is 1. The lowest BCUT2D eigenvalue weighted by Gasteiger charge is -2.08. The number of methoxy groups -OCH3 is 1. The summed E-state index contributed by atoms with van der Waals surface area (Å²) in [5.74, 6) is 3.08. The summed E-state index contributed by atoms with van der Waals surface area (Å²) in [6.45, 7) is 19.0. The van der Waals surface area contributed by atoms with Crippen molar-refractivity contribution >= 4 is 53.9 Å². The summed E-state index contributed by atoms with van der Waals surface area (Å²) in [7, 11) is 1.60. The molecule has 5 aromatic heterocycles. The molecule has 77 heavy (non-hydrogen) atoms. The van der Waals surface area contributed by atoms with E-state index in [1.165, 1.54) is 27.8 Å². The average Bonchev–Trinajstić information content (AvgIpc) is 3.46. The molecular weight excluding hydrogens is 965 g/mol. The molecule has 0 unspecified atom stereocenters. The van der Waals surface area contributed by atoms with Crippen LogP contribution in [-0.2, 0) is 6.61 Å². The third-order valence-corrected chi connectivity index (χ3v) is 12.3. The Morgan fingerprint density at radius 2 is 0.662 bits per heavy atom. The van der Waals surface area contributed by atoms with Gasteiger partial charge in [0.1, 0.15) is 6.61 Å². The summed E-state index contributed by atoms with van der Waals surface area (Å²) in [4.78, 5) is 0. The molecule has 0 N–H and O–H groups in total. The maximum Gasteiger partial charge on any atom is 0.241 e. The van der Waals surface area contributed by atoms with E-state index in [9.17, 15) is 0 Å². The van der Waals surface area contributed by atoms with Gasteiger partial charge in [-0.1, -0.05) is 111 Å². The summed E-state index contributed by atoms with van der Waals surface area (Å²) in [5.41, 5.74) is 7.08. The van der Waals surface area contributed by atoms with Crippen LogP contribution in [0.3, 0.4) is 0 Å². The predicted octanol–water partition coefficient (Wildman–Crippen LogP) is 13.6. The van der Waals surface area contributed by atoms with Crippen molar-refractivity contribution in [3.05, 3.63) is 186 Å². The van der Waals surface area contributed by atoms with Gasteiger partial charge in [0.05, 0.1) is 57.9 Å². The second-order valence-corrected chi connectivity index (χ2v) is 17.9. The first-order valence-electron chi connectivity index (χ1n) is 25.8. The Morgan fingerprint density at radius 3 is 1.01 bits per heavy atom. The van der Waals surface area contributed by atoms with Gasteiger partial charge in [-0.2, -0.15) is 25.5 Å². The standard InChI is InChI=1S/C16H14N2O.C13H16N2O.C12H14N2O.C11H12N2O.C10H10N2O/c1-12-6-5-9-14-15(12)10-17-18-16(14)19-11-13-7-3-2-4-8-13;1-3-4-8-16-13-11-7-5-6-10(2)12(11)9-14-15-13;1-3-7-15-12-10-6-4-5-9(2)11(10)8-13-14-12;1-3-14-11-9-6-4-5-8(2)10(9)7-12-13-11;1-7-4-3-5-8-9(7)6-11-12-10(8)13-2/h2-10H,11H2,1H3;5-7,9H,3-4,8H2,1-2H3;4-6,8H,3,7H2,1-2H3;4-7H,3H2,1-2H3;3-6H,1-2H3. The summed E-state index contributed by atoms with van der Waals surface area (Å²) in [6, 6.07) is 40.4. The summed E-state index contributed by atoms with van der Waals surface area (Å²) >= 11 is 0. The highest BCUT2D eigenvalue weighted by Crippen LogP contribution is 2.28. The number of hydrogen-bond donors (Lipinski definition) is 0. The number of hydrogen-bond acceptors (Lipinski definition) is 15. The SMILES string of the molecule is CCCCOc1nncc2c(C)cccc12.CCCOc1nncc2c(C)cccc12.CCOc1nncc2c(C)cccc12.COc1nncc2c(C)cccc12.Cc1cccc2c(OCc3ccccc3)nncc12. The van der Waals surface area contributed by atoms with Crippen LogP contribution in [0.4, 0.5) is 0 Å². The lowest BCUT2D eigenvalue weighted by Crippen LogP contribution is -2.00. The second-order valence-electron chi connectivity index (χ2n) is 17.9. The molecule has 0 aliphatic rings. The maximum atomic E-state index is 5.79. The molecule has 15 heteroatoms. The van der Waals surface area contributed by atoms with Gasteiger partial charge in [0, 0.05) is 53.9 Å². The highest BCUT2D eigenvalue weighted by Gasteiger charge is 2.10. The lowest BCUT2D eigenvalue weighted by atomic mass is 10.1. The van der Waals surface area contributed by atoms with E-state index in [1.807, 2.05) is 111 Å². The van der Waals surface area contributed by atoms with Crippen LogP contribution in [0.25, 0.3) is 53.9 Å². The minimum Gasteiger partial charge on any atom is -0.479 e. The van der Waals surface area contributed by atoms with E-state index in [0.717, 1.165) is 78.7 Å². The molecule has 0 radical (unpaired) electrons. The topological polar surface area (TPSA) is 175 Å². The predicted molar refractivity (Wildman–Crippen MR) is 306 cm³/mol. The molecule has 0 bridgehead atoms. The minimum atomic E-state index is 0.503. The molecule has 11 rings (SSSR count). The largest absolute Gasteiger partial charge is 0.479 e. The molecule has 0 saturated heterocycles.